The van der Waals surface area contributed by atoms with Crippen LogP contribution in [0.15, 0.2) is 78.0 Å². The number of amides is 2. The molecule has 2 aliphatic heterocycles. The SMILES string of the molecule is CCn1ccc2c(=O)n(CC3(O)CCN(C(=O)[C@@H]4CCN(C(=O)c5cccc(F)c5)C[C@H]4c4ccccc4)CC3)cnc21. The Labute approximate surface area is 249 Å². The first kappa shape index (κ1) is 28.8. The number of halogens is 1. The first-order valence-corrected chi connectivity index (χ1v) is 14.9. The topological polar surface area (TPSA) is 101 Å². The number of carbonyl (C=O) groups excluding carboxylic acids is 2. The van der Waals surface area contributed by atoms with E-state index in [1.165, 1.54) is 29.1 Å². The van der Waals surface area contributed by atoms with E-state index in [2.05, 4.69) is 4.98 Å². The number of rotatable bonds is 6. The zero-order valence-electron chi connectivity index (χ0n) is 24.2. The van der Waals surface area contributed by atoms with Crippen molar-refractivity contribution in [2.75, 3.05) is 26.2 Å². The molecule has 2 amide bonds. The highest BCUT2D eigenvalue weighted by Gasteiger charge is 2.41. The molecule has 0 unspecified atom stereocenters. The maximum absolute atomic E-state index is 14.0. The molecule has 224 valence electrons. The molecule has 0 radical (unpaired) electrons. The fourth-order valence-corrected chi connectivity index (χ4v) is 6.60. The Morgan fingerprint density at radius 1 is 1.00 bits per heavy atom. The van der Waals surface area contributed by atoms with Crippen molar-refractivity contribution in [3.63, 3.8) is 0 Å². The minimum atomic E-state index is -1.14. The summed E-state index contributed by atoms with van der Waals surface area (Å²) in [5.41, 5.74) is 0.582. The Balaban J connectivity index is 1.15. The quantitative estimate of drug-likeness (QED) is 0.372. The number of likely N-dealkylation sites (tertiary alicyclic amines) is 2. The Kier molecular flexibility index (Phi) is 7.87. The standard InChI is InChI=1S/C33H36FN5O4/c1-2-36-15-12-27-29(36)35-22-39(32(27)42)21-33(43)13-17-37(18-14-33)31(41)26-11-16-38(20-28(26)23-7-4-3-5-8-23)30(40)24-9-6-10-25(34)19-24/h3-10,12,15,19,22,26,28,43H,2,11,13-14,16-18,20-21H2,1H3/t26-,28+/m1/s1. The molecule has 0 saturated carbocycles. The summed E-state index contributed by atoms with van der Waals surface area (Å²) in [7, 11) is 0. The van der Waals surface area contributed by atoms with Crippen molar-refractivity contribution in [1.82, 2.24) is 23.9 Å². The van der Waals surface area contributed by atoms with Crippen molar-refractivity contribution >= 4 is 22.8 Å². The molecule has 2 aliphatic rings. The molecule has 0 aliphatic carbocycles. The van der Waals surface area contributed by atoms with Gasteiger partial charge in [0.2, 0.25) is 5.91 Å². The molecule has 2 saturated heterocycles. The van der Waals surface area contributed by atoms with E-state index >= 15 is 0 Å². The highest BCUT2D eigenvalue weighted by atomic mass is 19.1. The number of benzene rings is 2. The van der Waals surface area contributed by atoms with Gasteiger partial charge in [0.25, 0.3) is 11.5 Å². The number of carbonyl (C=O) groups is 2. The molecule has 2 fully saturated rings. The van der Waals surface area contributed by atoms with E-state index in [0.717, 1.165) is 5.56 Å². The van der Waals surface area contributed by atoms with Crippen LogP contribution in [0.25, 0.3) is 11.0 Å². The maximum atomic E-state index is 14.0. The van der Waals surface area contributed by atoms with Crippen molar-refractivity contribution in [1.29, 1.82) is 0 Å². The molecular formula is C33H36FN5O4. The van der Waals surface area contributed by atoms with Gasteiger partial charge in [0.15, 0.2) is 0 Å². The van der Waals surface area contributed by atoms with Crippen LogP contribution in [0, 0.1) is 11.7 Å². The molecule has 9 nitrogen and oxygen atoms in total. The molecule has 0 spiro atoms. The van der Waals surface area contributed by atoms with E-state index in [4.69, 9.17) is 0 Å². The highest BCUT2D eigenvalue weighted by molar-refractivity contribution is 5.94. The summed E-state index contributed by atoms with van der Waals surface area (Å²) in [5, 5.41) is 12.0. The first-order valence-electron chi connectivity index (χ1n) is 14.9. The van der Waals surface area contributed by atoms with E-state index in [9.17, 15) is 23.9 Å². The lowest BCUT2D eigenvalue weighted by Gasteiger charge is -2.43. The number of hydrogen-bond acceptors (Lipinski definition) is 5. The Morgan fingerprint density at radius 3 is 2.49 bits per heavy atom. The Hall–Kier alpha value is -4.31. The second-order valence-corrected chi connectivity index (χ2v) is 11.7. The first-order chi connectivity index (χ1) is 20.8. The third kappa shape index (κ3) is 5.71. The van der Waals surface area contributed by atoms with Crippen LogP contribution >= 0.6 is 0 Å². The van der Waals surface area contributed by atoms with Gasteiger partial charge in [-0.3, -0.25) is 19.0 Å². The second kappa shape index (κ2) is 11.8. The number of aromatic nitrogens is 3. The summed E-state index contributed by atoms with van der Waals surface area (Å²) in [5.74, 6) is -1.24. The summed E-state index contributed by atoms with van der Waals surface area (Å²) in [6.07, 6.45) is 4.50. The summed E-state index contributed by atoms with van der Waals surface area (Å²) >= 11 is 0. The van der Waals surface area contributed by atoms with Gasteiger partial charge >= 0.3 is 0 Å². The van der Waals surface area contributed by atoms with E-state index < -0.39 is 11.4 Å². The van der Waals surface area contributed by atoms with Crippen LogP contribution in [0.3, 0.4) is 0 Å². The van der Waals surface area contributed by atoms with E-state index in [-0.39, 0.29) is 35.8 Å². The highest BCUT2D eigenvalue weighted by Crippen LogP contribution is 2.36. The molecule has 4 heterocycles. The molecule has 2 aromatic heterocycles. The summed E-state index contributed by atoms with van der Waals surface area (Å²) in [6.45, 7) is 4.30. The molecule has 4 aromatic rings. The lowest BCUT2D eigenvalue weighted by Crippen LogP contribution is -2.53. The summed E-state index contributed by atoms with van der Waals surface area (Å²) < 4.78 is 17.2. The normalized spacial score (nSPS) is 20.3. The second-order valence-electron chi connectivity index (χ2n) is 11.7. The number of aryl methyl sites for hydroxylation is 1. The molecule has 10 heteroatoms. The van der Waals surface area contributed by atoms with Crippen LogP contribution in [0.1, 0.15) is 48.0 Å². The van der Waals surface area contributed by atoms with Gasteiger partial charge in [-0.15, -0.1) is 0 Å². The monoisotopic (exact) mass is 585 g/mol. The van der Waals surface area contributed by atoms with Crippen molar-refractivity contribution in [2.45, 2.75) is 50.8 Å². The predicted molar refractivity (Wildman–Crippen MR) is 160 cm³/mol. The summed E-state index contributed by atoms with van der Waals surface area (Å²) in [6, 6.07) is 17.2. The molecule has 1 N–H and O–H groups in total. The van der Waals surface area contributed by atoms with Gasteiger partial charge < -0.3 is 19.5 Å². The Morgan fingerprint density at radius 2 is 1.77 bits per heavy atom. The maximum Gasteiger partial charge on any atom is 0.262 e. The van der Waals surface area contributed by atoms with Crippen LogP contribution in [-0.2, 0) is 17.9 Å². The van der Waals surface area contributed by atoms with Crippen LogP contribution in [0.5, 0.6) is 0 Å². The number of nitrogens with zero attached hydrogens (tertiary/aromatic N) is 5. The molecule has 2 aromatic carbocycles. The molecule has 2 atom stereocenters. The fourth-order valence-electron chi connectivity index (χ4n) is 6.60. The minimum Gasteiger partial charge on any atom is -0.388 e. The van der Waals surface area contributed by atoms with Crippen molar-refractivity contribution < 1.29 is 19.1 Å². The Bertz CT molecular complexity index is 1690. The number of aliphatic hydroxyl groups is 1. The number of fused-ring (bicyclic) bond motifs is 1. The van der Waals surface area contributed by atoms with Gasteiger partial charge in [0.05, 0.1) is 17.5 Å². The molecule has 0 bridgehead atoms. The van der Waals surface area contributed by atoms with Crippen LogP contribution in [-0.4, -0.2) is 72.6 Å². The van der Waals surface area contributed by atoms with Crippen molar-refractivity contribution in [3.05, 3.63) is 100 Å². The van der Waals surface area contributed by atoms with Crippen molar-refractivity contribution in [3.8, 4) is 0 Å². The lowest BCUT2D eigenvalue weighted by atomic mass is 9.79. The zero-order valence-corrected chi connectivity index (χ0v) is 24.2. The number of piperidine rings is 2. The zero-order chi connectivity index (χ0) is 30.1. The smallest absolute Gasteiger partial charge is 0.262 e. The van der Waals surface area contributed by atoms with Crippen LogP contribution in [0.4, 0.5) is 4.39 Å². The van der Waals surface area contributed by atoms with Crippen LogP contribution in [0.2, 0.25) is 0 Å². The van der Waals surface area contributed by atoms with Crippen molar-refractivity contribution in [2.24, 2.45) is 5.92 Å². The van der Waals surface area contributed by atoms with Gasteiger partial charge in [-0.05, 0) is 56.0 Å². The van der Waals surface area contributed by atoms with Gasteiger partial charge in [-0.1, -0.05) is 36.4 Å². The molecule has 43 heavy (non-hydrogen) atoms. The summed E-state index contributed by atoms with van der Waals surface area (Å²) in [4.78, 5) is 48.3. The van der Waals surface area contributed by atoms with Gasteiger partial charge in [-0.25, -0.2) is 9.37 Å². The predicted octanol–water partition coefficient (Wildman–Crippen LogP) is 3.66. The van der Waals surface area contributed by atoms with Gasteiger partial charge in [0.1, 0.15) is 17.8 Å². The molecular weight excluding hydrogens is 549 g/mol. The van der Waals surface area contributed by atoms with Crippen LogP contribution < -0.4 is 5.56 Å². The fraction of sp³-hybridized carbons (Fsp3) is 0.394. The van der Waals surface area contributed by atoms with E-state index in [1.54, 1.807) is 17.0 Å². The van der Waals surface area contributed by atoms with E-state index in [0.29, 0.717) is 68.6 Å². The third-order valence-corrected chi connectivity index (χ3v) is 9.07. The average molecular weight is 586 g/mol. The number of hydrogen-bond donors (Lipinski definition) is 1. The largest absolute Gasteiger partial charge is 0.388 e. The van der Waals surface area contributed by atoms with E-state index in [1.807, 2.05) is 52.9 Å². The minimum absolute atomic E-state index is 0.00918. The van der Waals surface area contributed by atoms with Gasteiger partial charge in [0, 0.05) is 56.3 Å². The lowest BCUT2D eigenvalue weighted by molar-refractivity contribution is -0.142. The molecule has 6 rings (SSSR count). The van der Waals surface area contributed by atoms with Gasteiger partial charge in [-0.2, -0.15) is 0 Å². The average Bonchev–Trinajstić information content (AvgIpc) is 3.46. The third-order valence-electron chi connectivity index (χ3n) is 9.07.